The maximum Gasteiger partial charge on any atom is -0.0204 e. The van der Waals surface area contributed by atoms with Crippen LogP contribution < -0.4 is 0 Å². The van der Waals surface area contributed by atoms with Gasteiger partial charge in [0.15, 0.2) is 0 Å². The van der Waals surface area contributed by atoms with E-state index in [-0.39, 0.29) is 0 Å². The van der Waals surface area contributed by atoms with Crippen LogP contribution in [0.1, 0.15) is 41.5 Å². The van der Waals surface area contributed by atoms with E-state index in [2.05, 4.69) is 41.5 Å². The first-order valence-corrected chi connectivity index (χ1v) is 4.96. The van der Waals surface area contributed by atoms with Crippen molar-refractivity contribution in [2.45, 2.75) is 41.5 Å². The second kappa shape index (κ2) is 3.40. The first kappa shape index (κ1) is 10.1. The van der Waals surface area contributed by atoms with Crippen molar-refractivity contribution in [1.82, 2.24) is 0 Å². The fourth-order valence-corrected chi connectivity index (χ4v) is 2.20. The maximum atomic E-state index is 2.34. The van der Waals surface area contributed by atoms with Gasteiger partial charge in [-0.1, -0.05) is 41.5 Å². The number of rotatable bonds is 0. The summed E-state index contributed by atoms with van der Waals surface area (Å²) in [6.07, 6.45) is 0. The monoisotopic (exact) mass is 165 g/mol. The molecule has 0 heterocycles. The normalized spacial score (nSPS) is 42.0. The Balaban J connectivity index is 2.76. The Morgan fingerprint density at radius 3 is 0.917 bits per heavy atom. The molecule has 0 spiro atoms. The molecule has 1 aliphatic rings. The highest BCUT2D eigenvalue weighted by atomic mass is 14.4. The van der Waals surface area contributed by atoms with Crippen LogP contribution in [0.25, 0.3) is 0 Å². The SMILES string of the molecule is C[C]1C(C)[C](C)C(C)[C](C)C1C. The Kier molecular flexibility index (Phi) is 2.85. The average molecular weight is 165 g/mol. The van der Waals surface area contributed by atoms with E-state index in [9.17, 15) is 0 Å². The molecule has 0 saturated heterocycles. The van der Waals surface area contributed by atoms with Crippen molar-refractivity contribution >= 4 is 0 Å². The van der Waals surface area contributed by atoms with Crippen LogP contribution in [0.5, 0.6) is 0 Å². The molecule has 3 radical (unpaired) electrons. The van der Waals surface area contributed by atoms with Gasteiger partial charge >= 0.3 is 0 Å². The van der Waals surface area contributed by atoms with Crippen LogP contribution in [0.2, 0.25) is 0 Å². The average Bonchev–Trinajstić information content (AvgIpc) is 2.08. The molecule has 0 aromatic heterocycles. The summed E-state index contributed by atoms with van der Waals surface area (Å²) in [5.41, 5.74) is 0. The van der Waals surface area contributed by atoms with Gasteiger partial charge in [-0.2, -0.15) is 0 Å². The summed E-state index contributed by atoms with van der Waals surface area (Å²) >= 11 is 0. The predicted molar refractivity (Wildman–Crippen MR) is 54.2 cm³/mol. The molecule has 0 aromatic rings. The Morgan fingerprint density at radius 1 is 0.583 bits per heavy atom. The lowest BCUT2D eigenvalue weighted by atomic mass is 9.60. The van der Waals surface area contributed by atoms with E-state index in [0.717, 1.165) is 17.8 Å². The molecule has 0 N–H and O–H groups in total. The van der Waals surface area contributed by atoms with Crippen molar-refractivity contribution in [1.29, 1.82) is 0 Å². The van der Waals surface area contributed by atoms with Crippen LogP contribution in [0.15, 0.2) is 0 Å². The molecular formula is C12H21. The van der Waals surface area contributed by atoms with E-state index in [1.165, 1.54) is 0 Å². The second-order valence-corrected chi connectivity index (χ2v) is 4.40. The maximum absolute atomic E-state index is 2.34. The molecule has 0 aromatic carbocycles. The lowest BCUT2D eigenvalue weighted by molar-refractivity contribution is 0.337. The standard InChI is InChI=1S/C12H21/c1-7-8(2)10(4)12(6)11(5)9(7)3/h7,10-11H,1-6H3. The van der Waals surface area contributed by atoms with Gasteiger partial charge in [0, 0.05) is 0 Å². The Morgan fingerprint density at radius 2 is 0.750 bits per heavy atom. The van der Waals surface area contributed by atoms with Crippen molar-refractivity contribution in [3.63, 3.8) is 0 Å². The predicted octanol–water partition coefficient (Wildman–Crippen LogP) is 3.69. The zero-order chi connectivity index (χ0) is 9.46. The van der Waals surface area contributed by atoms with Gasteiger partial charge in [-0.25, -0.2) is 0 Å². The molecule has 0 nitrogen and oxygen atoms in total. The third kappa shape index (κ3) is 1.41. The smallest absolute Gasteiger partial charge is 0.0204 e. The van der Waals surface area contributed by atoms with Gasteiger partial charge < -0.3 is 0 Å². The molecule has 0 aliphatic heterocycles. The minimum absolute atomic E-state index is 0.721. The van der Waals surface area contributed by atoms with Crippen molar-refractivity contribution in [2.75, 3.05) is 0 Å². The second-order valence-electron chi connectivity index (χ2n) is 4.40. The third-order valence-corrected chi connectivity index (χ3v) is 4.10. The van der Waals surface area contributed by atoms with Crippen LogP contribution in [-0.2, 0) is 0 Å². The van der Waals surface area contributed by atoms with Gasteiger partial charge in [-0.15, -0.1) is 0 Å². The first-order chi connectivity index (χ1) is 5.46. The highest BCUT2D eigenvalue weighted by Crippen LogP contribution is 2.48. The van der Waals surface area contributed by atoms with E-state index in [1.54, 1.807) is 17.8 Å². The first-order valence-electron chi connectivity index (χ1n) is 4.96. The van der Waals surface area contributed by atoms with Crippen LogP contribution in [0, 0.1) is 35.5 Å². The molecule has 0 amide bonds. The van der Waals surface area contributed by atoms with Gasteiger partial charge in [0.25, 0.3) is 0 Å². The minimum Gasteiger partial charge on any atom is -0.0614 e. The molecule has 1 rings (SSSR count). The molecule has 0 heteroatoms. The van der Waals surface area contributed by atoms with Gasteiger partial charge in [0.2, 0.25) is 0 Å². The quantitative estimate of drug-likeness (QED) is 0.513. The van der Waals surface area contributed by atoms with Gasteiger partial charge in [-0.3, -0.25) is 0 Å². The molecule has 0 bridgehead atoms. The Labute approximate surface area is 77.7 Å². The summed E-state index contributed by atoms with van der Waals surface area (Å²) in [6, 6.07) is 0. The molecule has 1 saturated carbocycles. The molecular weight excluding hydrogens is 144 g/mol. The van der Waals surface area contributed by atoms with E-state index in [1.807, 2.05) is 0 Å². The molecule has 0 unspecified atom stereocenters. The lowest BCUT2D eigenvalue weighted by Crippen LogP contribution is -2.36. The Hall–Kier alpha value is 0. The minimum atomic E-state index is 0.721. The van der Waals surface area contributed by atoms with E-state index < -0.39 is 0 Å². The van der Waals surface area contributed by atoms with Crippen LogP contribution in [0.4, 0.5) is 0 Å². The molecule has 1 fully saturated rings. The van der Waals surface area contributed by atoms with Crippen molar-refractivity contribution < 1.29 is 0 Å². The fraction of sp³-hybridized carbons (Fsp3) is 0.750. The number of hydrogen-bond donors (Lipinski definition) is 0. The lowest BCUT2D eigenvalue weighted by Gasteiger charge is -2.44. The zero-order valence-electron chi connectivity index (χ0n) is 9.23. The largest absolute Gasteiger partial charge is 0.0614 e. The summed E-state index contributed by atoms with van der Waals surface area (Å²) in [6.45, 7) is 13.9. The van der Waals surface area contributed by atoms with Crippen molar-refractivity contribution in [3.8, 4) is 0 Å². The van der Waals surface area contributed by atoms with Crippen LogP contribution in [0.3, 0.4) is 0 Å². The Bertz CT molecular complexity index is 91.6. The summed E-state index contributed by atoms with van der Waals surface area (Å²) in [5.74, 6) is 7.09. The fourth-order valence-electron chi connectivity index (χ4n) is 2.20. The summed E-state index contributed by atoms with van der Waals surface area (Å²) in [4.78, 5) is 0. The highest BCUT2D eigenvalue weighted by molar-refractivity contribution is 5.25. The third-order valence-electron chi connectivity index (χ3n) is 4.10. The van der Waals surface area contributed by atoms with Crippen molar-refractivity contribution in [2.24, 2.45) is 17.8 Å². The summed E-state index contributed by atoms with van der Waals surface area (Å²) in [7, 11) is 0. The van der Waals surface area contributed by atoms with Crippen molar-refractivity contribution in [3.05, 3.63) is 17.8 Å². The highest BCUT2D eigenvalue weighted by Gasteiger charge is 2.39. The molecule has 69 valence electrons. The molecule has 1 aliphatic carbocycles. The summed E-state index contributed by atoms with van der Waals surface area (Å²) < 4.78 is 0. The van der Waals surface area contributed by atoms with Crippen LogP contribution >= 0.6 is 0 Å². The van der Waals surface area contributed by atoms with Gasteiger partial charge in [0.05, 0.1) is 0 Å². The van der Waals surface area contributed by atoms with E-state index in [4.69, 9.17) is 0 Å². The van der Waals surface area contributed by atoms with Gasteiger partial charge in [-0.05, 0) is 35.5 Å². The molecule has 12 heavy (non-hydrogen) atoms. The van der Waals surface area contributed by atoms with Gasteiger partial charge in [0.1, 0.15) is 0 Å². The molecule has 0 atom stereocenters. The zero-order valence-corrected chi connectivity index (χ0v) is 9.23. The number of hydrogen-bond acceptors (Lipinski definition) is 0. The van der Waals surface area contributed by atoms with E-state index >= 15 is 0 Å². The van der Waals surface area contributed by atoms with E-state index in [0.29, 0.717) is 0 Å². The topological polar surface area (TPSA) is 0 Å². The van der Waals surface area contributed by atoms with Crippen LogP contribution in [-0.4, -0.2) is 0 Å². The summed E-state index contributed by atoms with van der Waals surface area (Å²) in [5, 5.41) is 0.